The fourth-order valence-electron chi connectivity index (χ4n) is 2.02. The van der Waals surface area contributed by atoms with Gasteiger partial charge in [-0.05, 0) is 45.4 Å². The Bertz CT molecular complexity index is 515. The molecule has 1 fully saturated rings. The summed E-state index contributed by atoms with van der Waals surface area (Å²) in [5.41, 5.74) is 6.69. The number of nitrogens with zero attached hydrogens (tertiary/aromatic N) is 1. The van der Waals surface area contributed by atoms with E-state index in [9.17, 15) is 0 Å². The van der Waals surface area contributed by atoms with E-state index >= 15 is 0 Å². The quantitative estimate of drug-likeness (QED) is 0.826. The van der Waals surface area contributed by atoms with E-state index < -0.39 is 6.04 Å². The van der Waals surface area contributed by atoms with E-state index in [2.05, 4.69) is 4.98 Å². The molecule has 1 aliphatic heterocycles. The molecule has 0 radical (unpaired) electrons. The van der Waals surface area contributed by atoms with Crippen LogP contribution >= 0.6 is 0 Å². The van der Waals surface area contributed by atoms with E-state index in [4.69, 9.17) is 20.1 Å². The van der Waals surface area contributed by atoms with Gasteiger partial charge in [0, 0.05) is 6.20 Å². The molecule has 1 aromatic rings. The molecular weight excluding hydrogens is 267 g/mol. The zero-order valence-corrected chi connectivity index (χ0v) is 13.0. The fraction of sp³-hybridized carbons (Fsp3) is 0.533. The van der Waals surface area contributed by atoms with Gasteiger partial charge in [0.05, 0.1) is 29.5 Å². The molecule has 0 bridgehead atoms. The highest BCUT2D eigenvalue weighted by Crippen LogP contribution is 2.37. The molecule has 5 nitrogen and oxygen atoms in total. The van der Waals surface area contributed by atoms with Gasteiger partial charge in [-0.2, -0.15) is 0 Å². The molecule has 1 aromatic heterocycles. The van der Waals surface area contributed by atoms with Crippen LogP contribution in [-0.4, -0.2) is 35.0 Å². The van der Waals surface area contributed by atoms with Crippen LogP contribution in [0.15, 0.2) is 24.3 Å². The van der Waals surface area contributed by atoms with E-state index in [1.54, 1.807) is 6.20 Å². The van der Waals surface area contributed by atoms with Crippen molar-refractivity contribution in [2.75, 3.05) is 6.61 Å². The lowest BCUT2D eigenvalue weighted by Crippen LogP contribution is -2.41. The van der Waals surface area contributed by atoms with Gasteiger partial charge in [0.2, 0.25) is 0 Å². The van der Waals surface area contributed by atoms with Crippen LogP contribution in [0.25, 0.3) is 6.08 Å². The molecule has 21 heavy (non-hydrogen) atoms. The minimum absolute atomic E-state index is 0.128. The molecular formula is C15H23BN2O3. The topological polar surface area (TPSA) is 77.6 Å². The van der Waals surface area contributed by atoms with Crippen molar-refractivity contribution < 1.29 is 14.4 Å². The molecule has 2 heterocycles. The molecule has 0 aliphatic carbocycles. The Labute approximate surface area is 126 Å². The highest BCUT2D eigenvalue weighted by molar-refractivity contribution is 6.52. The first kappa shape index (κ1) is 16.2. The van der Waals surface area contributed by atoms with Crippen molar-refractivity contribution in [1.29, 1.82) is 0 Å². The summed E-state index contributed by atoms with van der Waals surface area (Å²) in [7, 11) is -0.377. The van der Waals surface area contributed by atoms with E-state index in [1.165, 1.54) is 0 Å². The summed E-state index contributed by atoms with van der Waals surface area (Å²) in [5, 5.41) is 9.07. The summed E-state index contributed by atoms with van der Waals surface area (Å²) in [6.07, 6.45) is 3.59. The molecule has 0 aromatic carbocycles. The molecule has 2 rings (SSSR count). The predicted octanol–water partition coefficient (Wildman–Crippen LogP) is 1.72. The number of aromatic nitrogens is 1. The molecule has 6 heteroatoms. The second-order valence-electron chi connectivity index (χ2n) is 6.29. The largest absolute Gasteiger partial charge is 0.487 e. The minimum atomic E-state index is -0.463. The molecule has 1 atom stereocenters. The van der Waals surface area contributed by atoms with Crippen molar-refractivity contribution >= 4 is 13.2 Å². The summed E-state index contributed by atoms with van der Waals surface area (Å²) < 4.78 is 11.8. The van der Waals surface area contributed by atoms with E-state index in [1.807, 2.05) is 51.9 Å². The van der Waals surface area contributed by atoms with Gasteiger partial charge in [0.15, 0.2) is 0 Å². The third kappa shape index (κ3) is 3.52. The van der Waals surface area contributed by atoms with Gasteiger partial charge in [0.25, 0.3) is 0 Å². The van der Waals surface area contributed by atoms with Crippen LogP contribution in [0.5, 0.6) is 0 Å². The molecule has 0 saturated carbocycles. The molecule has 1 saturated heterocycles. The molecule has 1 aliphatic rings. The predicted molar refractivity (Wildman–Crippen MR) is 83.4 cm³/mol. The Morgan fingerprint density at radius 3 is 2.52 bits per heavy atom. The summed E-state index contributed by atoms with van der Waals surface area (Å²) in [6, 6.07) is 3.26. The average Bonchev–Trinajstić information content (AvgIpc) is 2.64. The first-order chi connectivity index (χ1) is 9.75. The van der Waals surface area contributed by atoms with Crippen molar-refractivity contribution in [3.05, 3.63) is 35.6 Å². The van der Waals surface area contributed by atoms with Gasteiger partial charge in [0.1, 0.15) is 0 Å². The van der Waals surface area contributed by atoms with Crippen LogP contribution in [0.4, 0.5) is 0 Å². The number of pyridine rings is 1. The number of nitrogens with two attached hydrogens (primary N) is 1. The summed E-state index contributed by atoms with van der Waals surface area (Å²) in [6.45, 7) is 7.95. The average molecular weight is 290 g/mol. The Hall–Kier alpha value is -1.21. The summed E-state index contributed by atoms with van der Waals surface area (Å²) >= 11 is 0. The number of hydrogen-bond donors (Lipinski definition) is 2. The van der Waals surface area contributed by atoms with Crippen LogP contribution in [0.1, 0.15) is 45.0 Å². The van der Waals surface area contributed by atoms with Crippen LogP contribution in [0, 0.1) is 0 Å². The third-order valence-electron chi connectivity index (χ3n) is 4.10. The van der Waals surface area contributed by atoms with Gasteiger partial charge in [-0.1, -0.05) is 12.1 Å². The maximum atomic E-state index is 9.07. The molecule has 114 valence electrons. The lowest BCUT2D eigenvalue weighted by molar-refractivity contribution is 0.00578. The van der Waals surface area contributed by atoms with Gasteiger partial charge in [-0.3, -0.25) is 4.98 Å². The first-order valence-corrected chi connectivity index (χ1v) is 7.11. The third-order valence-corrected chi connectivity index (χ3v) is 4.10. The van der Waals surface area contributed by atoms with Crippen molar-refractivity contribution in [2.24, 2.45) is 5.73 Å². The second-order valence-corrected chi connectivity index (χ2v) is 6.29. The number of rotatable bonds is 4. The maximum absolute atomic E-state index is 9.07. The highest BCUT2D eigenvalue weighted by atomic mass is 16.7. The zero-order chi connectivity index (χ0) is 15.7. The van der Waals surface area contributed by atoms with Gasteiger partial charge < -0.3 is 20.1 Å². The minimum Gasteiger partial charge on any atom is -0.400 e. The Morgan fingerprint density at radius 1 is 1.33 bits per heavy atom. The lowest BCUT2D eigenvalue weighted by Gasteiger charge is -2.32. The maximum Gasteiger partial charge on any atom is 0.487 e. The molecule has 3 N–H and O–H groups in total. The molecule has 0 amide bonds. The van der Waals surface area contributed by atoms with Crippen molar-refractivity contribution in [2.45, 2.75) is 44.9 Å². The van der Waals surface area contributed by atoms with Crippen LogP contribution in [0.3, 0.4) is 0 Å². The standard InChI is InChI=1S/C15H23BN2O3/c1-14(2)15(3,4)21-16(20-14)7-5-11-6-8-18-13(9-11)12(17)10-19/h5-9,12,19H,10,17H2,1-4H3/b7-5+/t12-/m1/s1. The zero-order valence-electron chi connectivity index (χ0n) is 13.0. The number of aliphatic hydroxyl groups excluding tert-OH is 1. The summed E-state index contributed by atoms with van der Waals surface area (Å²) in [4.78, 5) is 4.15. The van der Waals surface area contributed by atoms with Gasteiger partial charge >= 0.3 is 7.12 Å². The fourth-order valence-corrected chi connectivity index (χ4v) is 2.02. The van der Waals surface area contributed by atoms with Crippen molar-refractivity contribution in [3.63, 3.8) is 0 Å². The van der Waals surface area contributed by atoms with Crippen LogP contribution in [0.2, 0.25) is 0 Å². The highest BCUT2D eigenvalue weighted by Gasteiger charge is 2.49. The van der Waals surface area contributed by atoms with E-state index in [0.29, 0.717) is 5.69 Å². The SMILES string of the molecule is CC1(C)OB(/C=C/c2ccnc([C@H](N)CO)c2)OC1(C)C. The van der Waals surface area contributed by atoms with Crippen molar-refractivity contribution in [1.82, 2.24) is 4.98 Å². The number of aliphatic hydroxyl groups is 1. The van der Waals surface area contributed by atoms with Crippen molar-refractivity contribution in [3.8, 4) is 0 Å². The second kappa shape index (κ2) is 5.89. The summed E-state index contributed by atoms with van der Waals surface area (Å²) in [5.74, 6) is 1.88. The first-order valence-electron chi connectivity index (χ1n) is 7.11. The van der Waals surface area contributed by atoms with E-state index in [-0.39, 0.29) is 24.9 Å². The van der Waals surface area contributed by atoms with Gasteiger partial charge in [-0.25, -0.2) is 0 Å². The lowest BCUT2D eigenvalue weighted by atomic mass is 9.89. The number of hydrogen-bond acceptors (Lipinski definition) is 5. The Morgan fingerprint density at radius 2 is 1.95 bits per heavy atom. The smallest absolute Gasteiger partial charge is 0.400 e. The molecule has 0 unspecified atom stereocenters. The Kier molecular flexibility index (Phi) is 4.53. The van der Waals surface area contributed by atoms with Gasteiger partial charge in [-0.15, -0.1) is 0 Å². The molecule has 0 spiro atoms. The normalized spacial score (nSPS) is 21.9. The van der Waals surface area contributed by atoms with Crippen LogP contribution in [-0.2, 0) is 9.31 Å². The Balaban J connectivity index is 2.09. The monoisotopic (exact) mass is 290 g/mol. The van der Waals surface area contributed by atoms with E-state index in [0.717, 1.165) is 5.56 Å². The van der Waals surface area contributed by atoms with Crippen LogP contribution < -0.4 is 5.73 Å².